The van der Waals surface area contributed by atoms with Gasteiger partial charge in [0.05, 0.1) is 6.04 Å². The topological polar surface area (TPSA) is 68.5 Å². The summed E-state index contributed by atoms with van der Waals surface area (Å²) in [5.74, 6) is 0.257. The van der Waals surface area contributed by atoms with E-state index in [1.165, 1.54) is 6.07 Å². The molecule has 1 atom stereocenters. The molecule has 1 heterocycles. The summed E-state index contributed by atoms with van der Waals surface area (Å²) in [5, 5.41) is 3.76. The van der Waals surface area contributed by atoms with Crippen LogP contribution in [0.3, 0.4) is 0 Å². The van der Waals surface area contributed by atoms with Crippen LogP contribution < -0.4 is 15.7 Å². The molecule has 0 aliphatic heterocycles. The van der Waals surface area contributed by atoms with Crippen LogP contribution in [0.15, 0.2) is 68.3 Å². The third kappa shape index (κ3) is 4.52. The first kappa shape index (κ1) is 18.2. The molecule has 3 rings (SSSR count). The van der Waals surface area contributed by atoms with Gasteiger partial charge < -0.3 is 14.5 Å². The number of carbonyl (C=O) groups is 1. The molecule has 1 unspecified atom stereocenters. The highest BCUT2D eigenvalue weighted by molar-refractivity contribution is 9.10. The highest BCUT2D eigenvalue weighted by Gasteiger charge is 2.13. The second-order valence-electron chi connectivity index (χ2n) is 5.82. The van der Waals surface area contributed by atoms with Gasteiger partial charge in [0.1, 0.15) is 11.3 Å². The van der Waals surface area contributed by atoms with Gasteiger partial charge in [-0.25, -0.2) is 4.79 Å². The smallest absolute Gasteiger partial charge is 0.336 e. The fourth-order valence-corrected chi connectivity index (χ4v) is 2.90. The van der Waals surface area contributed by atoms with Gasteiger partial charge in [0.2, 0.25) is 0 Å². The number of rotatable bonds is 6. The van der Waals surface area contributed by atoms with Gasteiger partial charge in [-0.2, -0.15) is 0 Å². The molecular weight excluding hydrogens is 398 g/mol. The molecule has 0 bridgehead atoms. The Labute approximate surface area is 159 Å². The summed E-state index contributed by atoms with van der Waals surface area (Å²) >= 11 is 3.41. The average molecular weight is 416 g/mol. The monoisotopic (exact) mass is 415 g/mol. The second kappa shape index (κ2) is 8.19. The average Bonchev–Trinajstić information content (AvgIpc) is 2.65. The molecule has 5 nitrogen and oxygen atoms in total. The van der Waals surface area contributed by atoms with Crippen molar-refractivity contribution >= 4 is 32.8 Å². The van der Waals surface area contributed by atoms with Crippen molar-refractivity contribution < 1.29 is 13.9 Å². The van der Waals surface area contributed by atoms with Crippen molar-refractivity contribution in [3.05, 3.63) is 75.1 Å². The maximum Gasteiger partial charge on any atom is 0.336 e. The summed E-state index contributed by atoms with van der Waals surface area (Å²) < 4.78 is 11.6. The van der Waals surface area contributed by atoms with Crippen LogP contribution in [0.4, 0.5) is 0 Å². The van der Waals surface area contributed by atoms with Crippen LogP contribution >= 0.6 is 15.9 Å². The van der Waals surface area contributed by atoms with Crippen LogP contribution in [0.1, 0.15) is 24.9 Å². The Bertz CT molecular complexity index is 965. The Morgan fingerprint density at radius 2 is 1.88 bits per heavy atom. The number of hydrogen-bond acceptors (Lipinski definition) is 4. The van der Waals surface area contributed by atoms with Crippen molar-refractivity contribution in [2.75, 3.05) is 6.61 Å². The number of halogens is 1. The first-order valence-corrected chi connectivity index (χ1v) is 9.06. The number of carbonyl (C=O) groups excluding carboxylic acids is 1. The fraction of sp³-hybridized carbons (Fsp3) is 0.200. The number of amides is 1. The maximum absolute atomic E-state index is 12.2. The largest absolute Gasteiger partial charge is 0.484 e. The second-order valence-corrected chi connectivity index (χ2v) is 6.74. The zero-order chi connectivity index (χ0) is 18.5. The van der Waals surface area contributed by atoms with Crippen molar-refractivity contribution in [2.45, 2.75) is 19.4 Å². The number of ether oxygens (including phenoxy) is 1. The summed E-state index contributed by atoms with van der Waals surface area (Å²) in [6.07, 6.45) is 0.772. The summed E-state index contributed by atoms with van der Waals surface area (Å²) in [4.78, 5) is 23.5. The molecule has 0 aliphatic rings. The lowest BCUT2D eigenvalue weighted by molar-refractivity contribution is -0.123. The molecule has 26 heavy (non-hydrogen) atoms. The minimum absolute atomic E-state index is 0.0752. The van der Waals surface area contributed by atoms with Crippen LogP contribution in [0.25, 0.3) is 11.0 Å². The standard InChI is InChI=1S/C20H18BrNO4/c1-2-17(13-3-7-15(21)8-4-13)22-19(23)12-25-16-9-5-14-6-10-20(24)26-18(14)11-16/h3-11,17H,2,12H2,1H3,(H,22,23). The van der Waals surface area contributed by atoms with E-state index in [1.54, 1.807) is 24.3 Å². The Balaban J connectivity index is 1.62. The van der Waals surface area contributed by atoms with Gasteiger partial charge in [0.15, 0.2) is 6.61 Å². The molecule has 0 aliphatic carbocycles. The molecule has 0 saturated carbocycles. The van der Waals surface area contributed by atoms with Crippen molar-refractivity contribution in [3.8, 4) is 5.75 Å². The molecule has 3 aromatic rings. The van der Waals surface area contributed by atoms with Crippen LogP contribution in [0.2, 0.25) is 0 Å². The molecule has 6 heteroatoms. The van der Waals surface area contributed by atoms with Gasteiger partial charge in [-0.15, -0.1) is 0 Å². The zero-order valence-corrected chi connectivity index (χ0v) is 15.8. The summed E-state index contributed by atoms with van der Waals surface area (Å²) in [5.41, 5.74) is 1.04. The summed E-state index contributed by atoms with van der Waals surface area (Å²) in [6.45, 7) is 1.90. The van der Waals surface area contributed by atoms with E-state index < -0.39 is 5.63 Å². The van der Waals surface area contributed by atoms with E-state index in [0.717, 1.165) is 21.8 Å². The van der Waals surface area contributed by atoms with E-state index >= 15 is 0 Å². The lowest BCUT2D eigenvalue weighted by Gasteiger charge is -2.18. The Morgan fingerprint density at radius 3 is 2.62 bits per heavy atom. The number of nitrogens with one attached hydrogen (secondary N) is 1. The molecule has 0 spiro atoms. The van der Waals surface area contributed by atoms with Gasteiger partial charge in [0, 0.05) is 22.0 Å². The van der Waals surface area contributed by atoms with Crippen molar-refractivity contribution in [1.29, 1.82) is 0 Å². The van der Waals surface area contributed by atoms with Crippen LogP contribution in [-0.4, -0.2) is 12.5 Å². The highest BCUT2D eigenvalue weighted by atomic mass is 79.9. The molecule has 1 amide bonds. The van der Waals surface area contributed by atoms with E-state index in [2.05, 4.69) is 21.2 Å². The maximum atomic E-state index is 12.2. The Kier molecular flexibility index (Phi) is 5.73. The predicted molar refractivity (Wildman–Crippen MR) is 103 cm³/mol. The van der Waals surface area contributed by atoms with E-state index in [1.807, 2.05) is 31.2 Å². The minimum atomic E-state index is -0.423. The quantitative estimate of drug-likeness (QED) is 0.612. The molecule has 0 fully saturated rings. The SMILES string of the molecule is CCC(NC(=O)COc1ccc2ccc(=O)oc2c1)c1ccc(Br)cc1. The van der Waals surface area contributed by atoms with Crippen LogP contribution in [0.5, 0.6) is 5.75 Å². The first-order valence-electron chi connectivity index (χ1n) is 8.26. The molecule has 134 valence electrons. The Hall–Kier alpha value is -2.60. The van der Waals surface area contributed by atoms with Crippen molar-refractivity contribution in [3.63, 3.8) is 0 Å². The molecule has 2 aromatic carbocycles. The lowest BCUT2D eigenvalue weighted by Crippen LogP contribution is -2.32. The van der Waals surface area contributed by atoms with E-state index in [9.17, 15) is 9.59 Å². The fourth-order valence-electron chi connectivity index (χ4n) is 2.63. The van der Waals surface area contributed by atoms with E-state index in [0.29, 0.717) is 11.3 Å². The van der Waals surface area contributed by atoms with Gasteiger partial charge >= 0.3 is 5.63 Å². The zero-order valence-electron chi connectivity index (χ0n) is 14.2. The van der Waals surface area contributed by atoms with Gasteiger partial charge in [-0.1, -0.05) is 35.0 Å². The molecule has 0 saturated heterocycles. The number of benzene rings is 2. The third-order valence-corrected chi connectivity index (χ3v) is 4.51. The number of fused-ring (bicyclic) bond motifs is 1. The lowest BCUT2D eigenvalue weighted by atomic mass is 10.0. The number of hydrogen-bond donors (Lipinski definition) is 1. The van der Waals surface area contributed by atoms with Gasteiger partial charge in [-0.3, -0.25) is 4.79 Å². The van der Waals surface area contributed by atoms with E-state index in [-0.39, 0.29) is 18.6 Å². The van der Waals surface area contributed by atoms with Crippen molar-refractivity contribution in [1.82, 2.24) is 5.32 Å². The van der Waals surface area contributed by atoms with Gasteiger partial charge in [0.25, 0.3) is 5.91 Å². The van der Waals surface area contributed by atoms with Gasteiger partial charge in [-0.05, 0) is 42.3 Å². The first-order chi connectivity index (χ1) is 12.5. The third-order valence-electron chi connectivity index (χ3n) is 3.98. The van der Waals surface area contributed by atoms with Crippen LogP contribution in [-0.2, 0) is 4.79 Å². The van der Waals surface area contributed by atoms with Crippen molar-refractivity contribution in [2.24, 2.45) is 0 Å². The molecule has 1 N–H and O–H groups in total. The predicted octanol–water partition coefficient (Wildman–Crippen LogP) is 4.20. The summed E-state index contributed by atoms with van der Waals surface area (Å²) in [7, 11) is 0. The molecule has 1 aromatic heterocycles. The van der Waals surface area contributed by atoms with E-state index in [4.69, 9.17) is 9.15 Å². The molecular formula is C20H18BrNO4. The normalized spacial score (nSPS) is 11.9. The summed E-state index contributed by atoms with van der Waals surface area (Å²) in [6, 6.07) is 15.9. The van der Waals surface area contributed by atoms with Crippen LogP contribution in [0, 0.1) is 0 Å². The molecule has 0 radical (unpaired) electrons. The highest BCUT2D eigenvalue weighted by Crippen LogP contribution is 2.21. The minimum Gasteiger partial charge on any atom is -0.484 e. The Morgan fingerprint density at radius 1 is 1.15 bits per heavy atom.